The van der Waals surface area contributed by atoms with Gasteiger partial charge < -0.3 is 4.74 Å². The Balaban J connectivity index is 2.11. The second kappa shape index (κ2) is 1.92. The smallest absolute Gasteiger partial charge is 0.322 e. The first kappa shape index (κ1) is 7.80. The lowest BCUT2D eigenvalue weighted by atomic mass is 9.81. The van der Waals surface area contributed by atoms with Crippen LogP contribution >= 0.6 is 11.6 Å². The monoisotopic (exact) mass is 200 g/mol. The van der Waals surface area contributed by atoms with Gasteiger partial charge >= 0.3 is 11.9 Å². The zero-order chi connectivity index (χ0) is 9.27. The van der Waals surface area contributed by atoms with E-state index in [9.17, 15) is 9.59 Å². The molecular weight excluding hydrogens is 192 g/mol. The summed E-state index contributed by atoms with van der Waals surface area (Å²) in [5.74, 6) is -0.708. The maximum Gasteiger partial charge on any atom is 0.322 e. The minimum absolute atomic E-state index is 0.194. The highest BCUT2D eigenvalue weighted by Gasteiger charge is 2.85. The zero-order valence-corrected chi connectivity index (χ0v) is 7.76. The molecule has 0 aromatic heterocycles. The van der Waals surface area contributed by atoms with E-state index in [1.807, 2.05) is 0 Å². The minimum atomic E-state index is -0.621. The summed E-state index contributed by atoms with van der Waals surface area (Å²) in [5, 5.41) is -0.194. The van der Waals surface area contributed by atoms with Crippen molar-refractivity contribution in [1.29, 1.82) is 0 Å². The zero-order valence-electron chi connectivity index (χ0n) is 7.01. The van der Waals surface area contributed by atoms with Crippen molar-refractivity contribution in [3.8, 4) is 0 Å². The molecule has 4 heteroatoms. The third-order valence-electron chi connectivity index (χ3n) is 3.85. The second-order valence-corrected chi connectivity index (χ2v) is 4.79. The summed E-state index contributed by atoms with van der Waals surface area (Å²) >= 11 is 6.10. The molecule has 3 atom stereocenters. The Morgan fingerprint density at radius 1 is 1.38 bits per heavy atom. The number of hydrogen-bond acceptors (Lipinski definition) is 3. The number of carbonyl (C=O) groups excluding carboxylic acids is 2. The van der Waals surface area contributed by atoms with Gasteiger partial charge in [0.2, 0.25) is 0 Å². The van der Waals surface area contributed by atoms with Crippen LogP contribution in [0.25, 0.3) is 0 Å². The number of carbonyl (C=O) groups is 2. The summed E-state index contributed by atoms with van der Waals surface area (Å²) in [6.07, 6.45) is 3.16. The van der Waals surface area contributed by atoms with E-state index >= 15 is 0 Å². The molecule has 70 valence electrons. The van der Waals surface area contributed by atoms with Crippen molar-refractivity contribution in [3.05, 3.63) is 0 Å². The van der Waals surface area contributed by atoms with E-state index in [4.69, 9.17) is 11.6 Å². The van der Waals surface area contributed by atoms with Gasteiger partial charge in [0, 0.05) is 0 Å². The second-order valence-electron chi connectivity index (χ2n) is 4.27. The highest BCUT2D eigenvalue weighted by Crippen LogP contribution is 2.76. The fourth-order valence-electron chi connectivity index (χ4n) is 3.01. The first-order chi connectivity index (χ1) is 6.13. The summed E-state index contributed by atoms with van der Waals surface area (Å²) in [7, 11) is 0. The Morgan fingerprint density at radius 2 is 2.15 bits per heavy atom. The van der Waals surface area contributed by atoms with Gasteiger partial charge in [-0.3, -0.25) is 9.59 Å². The Morgan fingerprint density at radius 3 is 2.85 bits per heavy atom. The van der Waals surface area contributed by atoms with Crippen LogP contribution in [-0.2, 0) is 14.3 Å². The fourth-order valence-corrected chi connectivity index (χ4v) is 3.54. The average molecular weight is 201 g/mol. The molecule has 0 spiro atoms. The van der Waals surface area contributed by atoms with Crippen LogP contribution in [0.15, 0.2) is 0 Å². The van der Waals surface area contributed by atoms with E-state index in [1.54, 1.807) is 0 Å². The molecule has 0 radical (unpaired) electrons. The molecule has 3 rings (SSSR count). The molecule has 2 saturated carbocycles. The van der Waals surface area contributed by atoms with E-state index in [0.717, 1.165) is 19.3 Å². The maximum absolute atomic E-state index is 11.5. The van der Waals surface area contributed by atoms with E-state index in [0.29, 0.717) is 6.42 Å². The average Bonchev–Trinajstić information content (AvgIpc) is 2.72. The fraction of sp³-hybridized carbons (Fsp3) is 0.778. The van der Waals surface area contributed by atoms with Crippen LogP contribution in [0.5, 0.6) is 0 Å². The molecule has 0 bridgehead atoms. The summed E-state index contributed by atoms with van der Waals surface area (Å²) in [5.41, 5.74) is -1.13. The van der Waals surface area contributed by atoms with E-state index in [-0.39, 0.29) is 17.3 Å². The van der Waals surface area contributed by atoms with Crippen molar-refractivity contribution in [2.75, 3.05) is 0 Å². The molecule has 0 aromatic rings. The van der Waals surface area contributed by atoms with Crippen LogP contribution in [0.2, 0.25) is 0 Å². The quantitative estimate of drug-likeness (QED) is 0.336. The third-order valence-corrected chi connectivity index (χ3v) is 4.44. The number of halogens is 1. The number of ether oxygens (including phenoxy) is 1. The minimum Gasteiger partial charge on any atom is -0.392 e. The largest absolute Gasteiger partial charge is 0.392 e. The molecule has 3 fully saturated rings. The summed E-state index contributed by atoms with van der Waals surface area (Å²) in [6.45, 7) is 0. The van der Waals surface area contributed by atoms with Gasteiger partial charge in [0.1, 0.15) is 5.41 Å². The van der Waals surface area contributed by atoms with Gasteiger partial charge in [0.15, 0.2) is 0 Å². The SMILES string of the molecule is O=C1OC(=O)C23CC12CCCC3Cl. The molecule has 2 aliphatic carbocycles. The van der Waals surface area contributed by atoms with Gasteiger partial charge in [-0.15, -0.1) is 11.6 Å². The molecule has 1 saturated heterocycles. The van der Waals surface area contributed by atoms with Crippen molar-refractivity contribution in [1.82, 2.24) is 0 Å². The van der Waals surface area contributed by atoms with Crippen molar-refractivity contribution in [3.63, 3.8) is 0 Å². The van der Waals surface area contributed by atoms with Crippen LogP contribution in [-0.4, -0.2) is 17.3 Å². The van der Waals surface area contributed by atoms with Crippen LogP contribution < -0.4 is 0 Å². The number of alkyl halides is 1. The number of hydrogen-bond donors (Lipinski definition) is 0. The van der Waals surface area contributed by atoms with E-state index in [2.05, 4.69) is 4.74 Å². The lowest BCUT2D eigenvalue weighted by molar-refractivity contribution is -0.158. The van der Waals surface area contributed by atoms with Crippen LogP contribution in [0.1, 0.15) is 25.7 Å². The summed E-state index contributed by atoms with van der Waals surface area (Å²) in [6, 6.07) is 0. The van der Waals surface area contributed by atoms with E-state index in [1.165, 1.54) is 0 Å². The molecule has 0 N–H and O–H groups in total. The molecule has 3 unspecified atom stereocenters. The third kappa shape index (κ3) is 0.592. The Kier molecular flexibility index (Phi) is 1.15. The van der Waals surface area contributed by atoms with Gasteiger partial charge in [-0.05, 0) is 19.3 Å². The van der Waals surface area contributed by atoms with E-state index < -0.39 is 10.8 Å². The topological polar surface area (TPSA) is 43.4 Å². The molecule has 13 heavy (non-hydrogen) atoms. The molecule has 3 nitrogen and oxygen atoms in total. The first-order valence-corrected chi connectivity index (χ1v) is 4.98. The lowest BCUT2D eigenvalue weighted by Gasteiger charge is -2.23. The predicted molar refractivity (Wildman–Crippen MR) is 44.1 cm³/mol. The van der Waals surface area contributed by atoms with Crippen LogP contribution in [0.4, 0.5) is 0 Å². The van der Waals surface area contributed by atoms with Gasteiger partial charge in [0.25, 0.3) is 0 Å². The van der Waals surface area contributed by atoms with Crippen molar-refractivity contribution in [2.24, 2.45) is 10.8 Å². The normalized spacial score (nSPS) is 52.5. The summed E-state index contributed by atoms with van der Waals surface area (Å²) < 4.78 is 4.66. The lowest BCUT2D eigenvalue weighted by Crippen LogP contribution is -2.31. The van der Waals surface area contributed by atoms with Crippen LogP contribution in [0.3, 0.4) is 0 Å². The standard InChI is InChI=1S/C9H9ClO3/c10-5-2-1-3-8-4-9(5,8)7(12)13-6(8)11/h5H,1-4H2. The van der Waals surface area contributed by atoms with Gasteiger partial charge in [-0.25, -0.2) is 0 Å². The molecule has 1 heterocycles. The van der Waals surface area contributed by atoms with Gasteiger partial charge in [-0.2, -0.15) is 0 Å². The highest BCUT2D eigenvalue weighted by atomic mass is 35.5. The number of esters is 2. The first-order valence-electron chi connectivity index (χ1n) is 4.54. The van der Waals surface area contributed by atoms with Crippen LogP contribution in [0, 0.1) is 10.8 Å². The Hall–Kier alpha value is -0.570. The molecular formula is C9H9ClO3. The predicted octanol–water partition coefficient (Wildman–Crippen LogP) is 1.24. The summed E-state index contributed by atoms with van der Waals surface area (Å²) in [4.78, 5) is 22.9. The number of cyclic esters (lactones) is 2. The van der Waals surface area contributed by atoms with Crippen molar-refractivity contribution < 1.29 is 14.3 Å². The maximum atomic E-state index is 11.5. The molecule has 0 amide bonds. The Bertz CT molecular complexity index is 327. The van der Waals surface area contributed by atoms with Crippen molar-refractivity contribution in [2.45, 2.75) is 31.1 Å². The number of rotatable bonds is 0. The Labute approximate surface area is 80.4 Å². The molecule has 3 aliphatic rings. The van der Waals surface area contributed by atoms with Gasteiger partial charge in [0.05, 0.1) is 10.8 Å². The molecule has 0 aromatic carbocycles. The van der Waals surface area contributed by atoms with Gasteiger partial charge in [-0.1, -0.05) is 6.42 Å². The molecule has 1 aliphatic heterocycles. The highest BCUT2D eigenvalue weighted by molar-refractivity contribution is 6.25. The van der Waals surface area contributed by atoms with Crippen molar-refractivity contribution >= 4 is 23.5 Å².